The van der Waals surface area contributed by atoms with Gasteiger partial charge < -0.3 is 0 Å². The molecule has 2 heteroatoms. The molecule has 1 aromatic carbocycles. The zero-order chi connectivity index (χ0) is 8.10. The Morgan fingerprint density at radius 1 is 1.36 bits per heavy atom. The maximum absolute atomic E-state index is 5.10. The Balaban J connectivity index is 3.09. The van der Waals surface area contributed by atoms with E-state index in [1.165, 1.54) is 0 Å². The predicted octanol–water partition coefficient (Wildman–Crippen LogP) is 1.17. The fraction of sp³-hybridized carbons (Fsp3) is 0.111. The van der Waals surface area contributed by atoms with E-state index in [9.17, 15) is 0 Å². The van der Waals surface area contributed by atoms with Crippen molar-refractivity contribution in [1.82, 2.24) is 0 Å². The van der Waals surface area contributed by atoms with E-state index < -0.39 is 0 Å². The number of para-hydroxylation sites is 1. The van der Waals surface area contributed by atoms with E-state index in [2.05, 4.69) is 10.5 Å². The third-order valence-electron chi connectivity index (χ3n) is 1.37. The predicted molar refractivity (Wildman–Crippen MR) is 45.6 cm³/mol. The zero-order valence-corrected chi connectivity index (χ0v) is 6.72. The molecule has 0 aliphatic rings. The molecule has 0 saturated heterocycles. The first-order valence-electron chi connectivity index (χ1n) is 3.44. The molecule has 0 heterocycles. The first kappa shape index (κ1) is 8.28. The second-order valence-corrected chi connectivity index (χ2v) is 2.08. The van der Waals surface area contributed by atoms with E-state index in [0.717, 1.165) is 11.3 Å². The van der Waals surface area contributed by atoms with Crippen LogP contribution in [0.2, 0.25) is 0 Å². The first-order chi connectivity index (χ1) is 5.38. The van der Waals surface area contributed by atoms with Crippen LogP contribution in [0.4, 0.5) is 0 Å². The standard InChI is InChI=1S/C9H7O.Li/c1-3-8-6-4-5-7-9(8)10-2;/h4-7H,2H3;. The summed E-state index contributed by atoms with van der Waals surface area (Å²) in [5.74, 6) is 3.79. The van der Waals surface area contributed by atoms with Crippen molar-refractivity contribution < 1.29 is 4.74 Å². The minimum atomic E-state index is 0.835. The molecule has 11 heavy (non-hydrogen) atoms. The van der Waals surface area contributed by atoms with Gasteiger partial charge in [0.25, 0.3) is 0 Å². The molecule has 0 saturated carbocycles. The Bertz CT molecular complexity index is 296. The summed E-state index contributed by atoms with van der Waals surface area (Å²) in [5.41, 5.74) is 0.942. The van der Waals surface area contributed by atoms with Crippen LogP contribution < -0.4 is 4.74 Å². The van der Waals surface area contributed by atoms with Gasteiger partial charge in [-0.2, -0.15) is 0 Å². The quantitative estimate of drug-likeness (QED) is 0.418. The van der Waals surface area contributed by atoms with Crippen LogP contribution in [0.1, 0.15) is 5.56 Å². The van der Waals surface area contributed by atoms with Gasteiger partial charge >= 0.3 is 75.7 Å². The van der Waals surface area contributed by atoms with Crippen molar-refractivity contribution in [3.8, 4) is 16.3 Å². The van der Waals surface area contributed by atoms with Crippen molar-refractivity contribution in [2.45, 2.75) is 0 Å². The number of benzene rings is 1. The fourth-order valence-corrected chi connectivity index (χ4v) is 0.883. The van der Waals surface area contributed by atoms with Crippen molar-refractivity contribution in [1.29, 1.82) is 0 Å². The van der Waals surface area contributed by atoms with Crippen molar-refractivity contribution in [2.75, 3.05) is 7.11 Å². The van der Waals surface area contributed by atoms with E-state index in [4.69, 9.17) is 4.74 Å². The SMILES string of the molecule is [Li][C]#Cc1ccccc1OC. The van der Waals surface area contributed by atoms with E-state index in [1.54, 1.807) is 7.11 Å². The molecule has 50 valence electrons. The van der Waals surface area contributed by atoms with Crippen LogP contribution in [0, 0.1) is 10.5 Å². The average Bonchev–Trinajstić information content (AvgIpc) is 2.06. The van der Waals surface area contributed by atoms with Gasteiger partial charge in [0.1, 0.15) is 0 Å². The maximum atomic E-state index is 5.10. The Kier molecular flexibility index (Phi) is 3.11. The first-order valence-corrected chi connectivity index (χ1v) is 3.44. The Morgan fingerprint density at radius 3 is 2.73 bits per heavy atom. The van der Waals surface area contributed by atoms with Crippen LogP contribution in [-0.2, 0) is 0 Å². The monoisotopic (exact) mass is 138 g/mol. The minimum absolute atomic E-state index is 0.835. The van der Waals surface area contributed by atoms with E-state index >= 15 is 0 Å². The van der Waals surface area contributed by atoms with E-state index in [0.29, 0.717) is 0 Å². The van der Waals surface area contributed by atoms with Gasteiger partial charge in [-0.25, -0.2) is 0 Å². The molecule has 0 unspecified atom stereocenters. The molecule has 1 aromatic rings. The summed E-state index contributed by atoms with van der Waals surface area (Å²) in [7, 11) is 1.65. The molecule has 0 aromatic heterocycles. The molecule has 1 rings (SSSR count). The van der Waals surface area contributed by atoms with Gasteiger partial charge in [0.2, 0.25) is 0 Å². The zero-order valence-electron chi connectivity index (χ0n) is 6.72. The number of ether oxygens (including phenoxy) is 1. The van der Waals surface area contributed by atoms with Crippen molar-refractivity contribution in [2.24, 2.45) is 0 Å². The summed E-state index contributed by atoms with van der Waals surface area (Å²) in [6.07, 6.45) is 0. The van der Waals surface area contributed by atoms with E-state index in [1.807, 2.05) is 42.0 Å². The van der Waals surface area contributed by atoms with Gasteiger partial charge in [-0.1, -0.05) is 0 Å². The Labute approximate surface area is 76.0 Å². The summed E-state index contributed by atoms with van der Waals surface area (Å²) in [4.78, 5) is 0. The molecule has 0 bridgehead atoms. The molecule has 0 atom stereocenters. The van der Waals surface area contributed by atoms with Crippen LogP contribution in [0.5, 0.6) is 5.75 Å². The van der Waals surface area contributed by atoms with Crippen molar-refractivity contribution in [3.05, 3.63) is 29.8 Å². The third-order valence-corrected chi connectivity index (χ3v) is 1.37. The summed E-state index contributed by atoms with van der Waals surface area (Å²) in [6, 6.07) is 7.72. The fourth-order valence-electron chi connectivity index (χ4n) is 0.883. The van der Waals surface area contributed by atoms with Gasteiger partial charge in [-0.05, 0) is 0 Å². The third kappa shape index (κ3) is 2.05. The summed E-state index contributed by atoms with van der Waals surface area (Å²) in [5, 5.41) is 0. The van der Waals surface area contributed by atoms with Crippen molar-refractivity contribution in [3.63, 3.8) is 0 Å². The molecule has 0 radical (unpaired) electrons. The Hall–Kier alpha value is -0.823. The molecule has 0 aliphatic heterocycles. The molecular formula is C9H7LiO. The van der Waals surface area contributed by atoms with Crippen LogP contribution in [-0.4, -0.2) is 24.8 Å². The number of rotatable bonds is 1. The Morgan fingerprint density at radius 2 is 2.09 bits per heavy atom. The van der Waals surface area contributed by atoms with Gasteiger partial charge in [-0.15, -0.1) is 0 Å². The van der Waals surface area contributed by atoms with E-state index in [-0.39, 0.29) is 0 Å². The normalized spacial score (nSPS) is 8.27. The molecule has 1 nitrogen and oxygen atoms in total. The van der Waals surface area contributed by atoms with Crippen LogP contribution in [0.25, 0.3) is 0 Å². The van der Waals surface area contributed by atoms with Crippen LogP contribution >= 0.6 is 0 Å². The van der Waals surface area contributed by atoms with Gasteiger partial charge in [0.05, 0.1) is 0 Å². The second kappa shape index (κ2) is 4.14. The second-order valence-electron chi connectivity index (χ2n) is 2.08. The number of hydrogen-bond donors (Lipinski definition) is 0. The summed E-state index contributed by atoms with van der Waals surface area (Å²) in [6.45, 7) is 0. The van der Waals surface area contributed by atoms with Gasteiger partial charge in [-0.3, -0.25) is 0 Å². The number of hydrogen-bond acceptors (Lipinski definition) is 1. The number of methoxy groups -OCH3 is 1. The molecule has 0 N–H and O–H groups in total. The molecule has 0 amide bonds. The molecule has 0 fully saturated rings. The van der Waals surface area contributed by atoms with Gasteiger partial charge in [0, 0.05) is 0 Å². The van der Waals surface area contributed by atoms with Crippen LogP contribution in [0.3, 0.4) is 0 Å². The molecule has 0 aliphatic carbocycles. The van der Waals surface area contributed by atoms with Crippen LogP contribution in [0.15, 0.2) is 24.3 Å². The average molecular weight is 138 g/mol. The topological polar surface area (TPSA) is 9.23 Å². The van der Waals surface area contributed by atoms with Crippen molar-refractivity contribution >= 4 is 17.7 Å². The summed E-state index contributed by atoms with van der Waals surface area (Å²) < 4.78 is 7.92. The van der Waals surface area contributed by atoms with Gasteiger partial charge in [0.15, 0.2) is 0 Å². The summed E-state index contributed by atoms with van der Waals surface area (Å²) >= 11 is 1.81. The molecule has 0 spiro atoms. The molecular weight excluding hydrogens is 131 g/mol.